The summed E-state index contributed by atoms with van der Waals surface area (Å²) in [7, 11) is 1.96. The molecule has 96 valence electrons. The minimum atomic E-state index is 0.119. The van der Waals surface area contributed by atoms with E-state index < -0.39 is 0 Å². The summed E-state index contributed by atoms with van der Waals surface area (Å²) in [6.07, 6.45) is 6.86. The summed E-state index contributed by atoms with van der Waals surface area (Å²) in [5.41, 5.74) is 2.23. The fraction of sp³-hybridized carbons (Fsp3) is 0.429. The Kier molecular flexibility index (Phi) is 4.10. The zero-order valence-corrected chi connectivity index (χ0v) is 11.2. The van der Waals surface area contributed by atoms with E-state index in [1.165, 1.54) is 5.56 Å². The third kappa shape index (κ3) is 2.59. The first kappa shape index (κ1) is 12.8. The van der Waals surface area contributed by atoms with E-state index in [4.69, 9.17) is 0 Å². The second kappa shape index (κ2) is 5.78. The molecule has 0 amide bonds. The van der Waals surface area contributed by atoms with E-state index in [2.05, 4.69) is 32.8 Å². The van der Waals surface area contributed by atoms with Crippen LogP contribution in [0.1, 0.15) is 36.5 Å². The van der Waals surface area contributed by atoms with E-state index in [-0.39, 0.29) is 6.04 Å². The standard InChI is InChI=1S/C14H20N4/c1-4-8-18-9-7-17-14(18)13(15-3)12-5-6-16-11(2)10-12/h5-7,9-10,13,15H,4,8H2,1-3H3. The molecule has 0 aromatic carbocycles. The van der Waals surface area contributed by atoms with Gasteiger partial charge in [-0.15, -0.1) is 0 Å². The van der Waals surface area contributed by atoms with Gasteiger partial charge in [0.2, 0.25) is 0 Å². The molecule has 2 aromatic heterocycles. The highest BCUT2D eigenvalue weighted by molar-refractivity contribution is 5.25. The van der Waals surface area contributed by atoms with Crippen LogP contribution < -0.4 is 5.32 Å². The summed E-state index contributed by atoms with van der Waals surface area (Å²) >= 11 is 0. The van der Waals surface area contributed by atoms with Crippen molar-refractivity contribution < 1.29 is 0 Å². The van der Waals surface area contributed by atoms with E-state index in [1.807, 2.05) is 38.6 Å². The average Bonchev–Trinajstić information content (AvgIpc) is 2.79. The lowest BCUT2D eigenvalue weighted by Crippen LogP contribution is -2.22. The Hall–Kier alpha value is -1.68. The quantitative estimate of drug-likeness (QED) is 0.877. The number of hydrogen-bond donors (Lipinski definition) is 1. The van der Waals surface area contributed by atoms with Crippen molar-refractivity contribution in [3.63, 3.8) is 0 Å². The van der Waals surface area contributed by atoms with Crippen LogP contribution in [0.25, 0.3) is 0 Å². The molecular formula is C14H20N4. The molecule has 0 fully saturated rings. The number of aromatic nitrogens is 3. The van der Waals surface area contributed by atoms with E-state index in [9.17, 15) is 0 Å². The predicted octanol–water partition coefficient (Wildman–Crippen LogP) is 2.31. The van der Waals surface area contributed by atoms with Crippen molar-refractivity contribution in [2.45, 2.75) is 32.9 Å². The lowest BCUT2D eigenvalue weighted by Gasteiger charge is -2.18. The molecule has 0 aliphatic heterocycles. The van der Waals surface area contributed by atoms with Gasteiger partial charge in [-0.2, -0.15) is 0 Å². The maximum atomic E-state index is 4.49. The Morgan fingerprint density at radius 2 is 2.17 bits per heavy atom. The summed E-state index contributed by atoms with van der Waals surface area (Å²) in [5.74, 6) is 1.06. The highest BCUT2D eigenvalue weighted by atomic mass is 15.1. The van der Waals surface area contributed by atoms with E-state index in [1.54, 1.807) is 0 Å². The summed E-state index contributed by atoms with van der Waals surface area (Å²) < 4.78 is 2.21. The largest absolute Gasteiger partial charge is 0.333 e. The van der Waals surface area contributed by atoms with Crippen LogP contribution >= 0.6 is 0 Å². The maximum absolute atomic E-state index is 4.49. The number of imidazole rings is 1. The lowest BCUT2D eigenvalue weighted by atomic mass is 10.1. The molecule has 0 bridgehead atoms. The molecular weight excluding hydrogens is 224 g/mol. The summed E-state index contributed by atoms with van der Waals surface area (Å²) in [4.78, 5) is 8.73. The van der Waals surface area contributed by atoms with Crippen molar-refractivity contribution in [3.05, 3.63) is 47.8 Å². The number of nitrogens with one attached hydrogen (secondary N) is 1. The number of pyridine rings is 1. The third-order valence-corrected chi connectivity index (χ3v) is 3.01. The van der Waals surface area contributed by atoms with Gasteiger partial charge in [-0.3, -0.25) is 4.98 Å². The highest BCUT2D eigenvalue weighted by Crippen LogP contribution is 2.20. The normalized spacial score (nSPS) is 12.6. The highest BCUT2D eigenvalue weighted by Gasteiger charge is 2.17. The van der Waals surface area contributed by atoms with Gasteiger partial charge in [0.15, 0.2) is 0 Å². The van der Waals surface area contributed by atoms with Gasteiger partial charge in [-0.25, -0.2) is 4.98 Å². The Morgan fingerprint density at radius 3 is 2.83 bits per heavy atom. The van der Waals surface area contributed by atoms with Gasteiger partial charge in [0.05, 0.1) is 6.04 Å². The van der Waals surface area contributed by atoms with E-state index in [0.717, 1.165) is 24.5 Å². The molecule has 1 N–H and O–H groups in total. The molecule has 0 saturated heterocycles. The van der Waals surface area contributed by atoms with Crippen molar-refractivity contribution in [2.75, 3.05) is 7.05 Å². The number of rotatable bonds is 5. The predicted molar refractivity (Wildman–Crippen MR) is 72.4 cm³/mol. The molecule has 2 rings (SSSR count). The zero-order chi connectivity index (χ0) is 13.0. The molecule has 2 heterocycles. The van der Waals surface area contributed by atoms with Gasteiger partial charge < -0.3 is 9.88 Å². The molecule has 2 aromatic rings. The summed E-state index contributed by atoms with van der Waals surface area (Å²) in [6, 6.07) is 4.26. The molecule has 0 spiro atoms. The smallest absolute Gasteiger partial charge is 0.130 e. The van der Waals surface area contributed by atoms with Crippen LogP contribution in [0.5, 0.6) is 0 Å². The van der Waals surface area contributed by atoms with Crippen LogP contribution in [0.2, 0.25) is 0 Å². The first-order chi connectivity index (χ1) is 8.76. The molecule has 0 radical (unpaired) electrons. The second-order valence-corrected chi connectivity index (χ2v) is 4.43. The summed E-state index contributed by atoms with van der Waals surface area (Å²) in [5, 5.41) is 3.34. The molecule has 4 heteroatoms. The number of aryl methyl sites for hydroxylation is 2. The Bertz CT molecular complexity index is 504. The Balaban J connectivity index is 2.36. The van der Waals surface area contributed by atoms with E-state index in [0.29, 0.717) is 0 Å². The third-order valence-electron chi connectivity index (χ3n) is 3.01. The van der Waals surface area contributed by atoms with Crippen molar-refractivity contribution in [1.82, 2.24) is 19.9 Å². The molecule has 1 atom stereocenters. The van der Waals surface area contributed by atoms with Gasteiger partial charge >= 0.3 is 0 Å². The van der Waals surface area contributed by atoms with Crippen LogP contribution in [0, 0.1) is 6.92 Å². The van der Waals surface area contributed by atoms with Gasteiger partial charge in [0.25, 0.3) is 0 Å². The fourth-order valence-electron chi connectivity index (χ4n) is 2.20. The van der Waals surface area contributed by atoms with Gasteiger partial charge in [0.1, 0.15) is 5.82 Å². The van der Waals surface area contributed by atoms with Crippen molar-refractivity contribution in [3.8, 4) is 0 Å². The molecule has 4 nitrogen and oxygen atoms in total. The van der Waals surface area contributed by atoms with E-state index >= 15 is 0 Å². The van der Waals surface area contributed by atoms with Crippen LogP contribution in [0.4, 0.5) is 0 Å². The molecule has 0 saturated carbocycles. The first-order valence-electron chi connectivity index (χ1n) is 6.37. The molecule has 0 aliphatic rings. The van der Waals surface area contributed by atoms with Crippen molar-refractivity contribution in [2.24, 2.45) is 0 Å². The van der Waals surface area contributed by atoms with Crippen molar-refractivity contribution in [1.29, 1.82) is 0 Å². The Morgan fingerprint density at radius 1 is 1.33 bits per heavy atom. The van der Waals surface area contributed by atoms with Crippen molar-refractivity contribution >= 4 is 0 Å². The maximum Gasteiger partial charge on any atom is 0.130 e. The molecule has 18 heavy (non-hydrogen) atoms. The SMILES string of the molecule is CCCn1ccnc1C(NC)c1ccnc(C)c1. The first-order valence-corrected chi connectivity index (χ1v) is 6.37. The average molecular weight is 244 g/mol. The summed E-state index contributed by atoms with van der Waals surface area (Å²) in [6.45, 7) is 5.18. The minimum absolute atomic E-state index is 0.119. The van der Waals surface area contributed by atoms with Crippen LogP contribution in [0.15, 0.2) is 30.7 Å². The number of hydrogen-bond acceptors (Lipinski definition) is 3. The zero-order valence-electron chi connectivity index (χ0n) is 11.2. The van der Waals surface area contributed by atoms with Gasteiger partial charge in [-0.05, 0) is 38.1 Å². The Labute approximate surface area is 108 Å². The number of nitrogens with zero attached hydrogens (tertiary/aromatic N) is 3. The van der Waals surface area contributed by atoms with Gasteiger partial charge in [0, 0.05) is 30.8 Å². The van der Waals surface area contributed by atoms with Gasteiger partial charge in [-0.1, -0.05) is 6.92 Å². The molecule has 1 unspecified atom stereocenters. The monoisotopic (exact) mass is 244 g/mol. The van der Waals surface area contributed by atoms with Crippen LogP contribution in [-0.2, 0) is 6.54 Å². The minimum Gasteiger partial charge on any atom is -0.333 e. The van der Waals surface area contributed by atoms with Crippen LogP contribution in [0.3, 0.4) is 0 Å². The molecule has 0 aliphatic carbocycles. The fourth-order valence-corrected chi connectivity index (χ4v) is 2.20. The second-order valence-electron chi connectivity index (χ2n) is 4.43. The van der Waals surface area contributed by atoms with Crippen LogP contribution in [-0.4, -0.2) is 21.6 Å². The lowest BCUT2D eigenvalue weighted by molar-refractivity contribution is 0.567. The topological polar surface area (TPSA) is 42.7 Å².